The van der Waals surface area contributed by atoms with Crippen LogP contribution in [0.15, 0.2) is 41.3 Å². The van der Waals surface area contributed by atoms with Crippen LogP contribution in [0.4, 0.5) is 29.3 Å². The Morgan fingerprint density at radius 3 is 2.52 bits per heavy atom. The zero-order chi connectivity index (χ0) is 23.9. The van der Waals surface area contributed by atoms with Crippen LogP contribution < -0.4 is 19.7 Å². The third kappa shape index (κ3) is 4.67. The van der Waals surface area contributed by atoms with Gasteiger partial charge in [0.1, 0.15) is 18.0 Å². The molecule has 0 radical (unpaired) electrons. The summed E-state index contributed by atoms with van der Waals surface area (Å²) in [4.78, 5) is 22.4. The minimum Gasteiger partial charge on any atom is -0.484 e. The third-order valence-electron chi connectivity index (χ3n) is 5.17. The first-order valence-electron chi connectivity index (χ1n) is 9.76. The van der Waals surface area contributed by atoms with Crippen LogP contribution in [0.25, 0.3) is 0 Å². The van der Waals surface area contributed by atoms with Crippen molar-refractivity contribution in [3.63, 3.8) is 0 Å². The van der Waals surface area contributed by atoms with E-state index < -0.39 is 56.7 Å². The van der Waals surface area contributed by atoms with Crippen LogP contribution in [-0.2, 0) is 14.8 Å². The number of ether oxygens (including phenoxy) is 1. The zero-order valence-corrected chi connectivity index (χ0v) is 17.6. The van der Waals surface area contributed by atoms with Gasteiger partial charge in [-0.3, -0.25) is 14.4 Å². The van der Waals surface area contributed by atoms with Gasteiger partial charge >= 0.3 is 6.09 Å². The molecule has 2 aliphatic rings. The second-order valence-corrected chi connectivity index (χ2v) is 9.43. The molecular weight excluding hydrogens is 467 g/mol. The Balaban J connectivity index is 1.66. The fraction of sp³-hybridized carbons (Fsp3) is 0.300. The van der Waals surface area contributed by atoms with E-state index in [4.69, 9.17) is 9.84 Å². The van der Waals surface area contributed by atoms with Crippen molar-refractivity contribution < 1.29 is 41.0 Å². The normalized spacial score (nSPS) is 21.5. The van der Waals surface area contributed by atoms with Crippen LogP contribution in [0.1, 0.15) is 6.42 Å². The van der Waals surface area contributed by atoms with Gasteiger partial charge in [-0.2, -0.15) is 0 Å². The Kier molecular flexibility index (Phi) is 5.82. The number of carboxylic acid groups (broad SMARTS) is 1. The second kappa shape index (κ2) is 8.46. The molecule has 0 aromatic heterocycles. The molecule has 1 aliphatic carbocycles. The van der Waals surface area contributed by atoms with Crippen LogP contribution in [0.2, 0.25) is 0 Å². The van der Waals surface area contributed by atoms with Crippen molar-refractivity contribution >= 4 is 33.4 Å². The van der Waals surface area contributed by atoms with E-state index in [0.29, 0.717) is 12.1 Å². The van der Waals surface area contributed by atoms with Crippen LogP contribution in [0.3, 0.4) is 0 Å². The first kappa shape index (κ1) is 22.7. The van der Waals surface area contributed by atoms with Crippen molar-refractivity contribution in [2.24, 2.45) is 5.92 Å². The van der Waals surface area contributed by atoms with Crippen molar-refractivity contribution in [3.8, 4) is 5.75 Å². The Morgan fingerprint density at radius 1 is 1.15 bits per heavy atom. The summed E-state index contributed by atoms with van der Waals surface area (Å²) in [5.74, 6) is -3.80. The van der Waals surface area contributed by atoms with Gasteiger partial charge in [0, 0.05) is 5.69 Å². The molecule has 1 aliphatic heterocycles. The molecule has 0 bridgehead atoms. The number of nitrogens with zero attached hydrogens (tertiary/aromatic N) is 1. The number of carbonyl (C=O) groups is 2. The number of alkyl halides is 1. The Labute approximate surface area is 186 Å². The molecule has 3 N–H and O–H groups in total. The average Bonchev–Trinajstić information content (AvgIpc) is 3.49. The van der Waals surface area contributed by atoms with Crippen molar-refractivity contribution in [2.75, 3.05) is 22.7 Å². The van der Waals surface area contributed by atoms with Crippen LogP contribution in [0, 0.1) is 17.6 Å². The summed E-state index contributed by atoms with van der Waals surface area (Å²) in [5.41, 5.74) is 0.00406. The molecule has 2 aromatic carbocycles. The molecule has 176 valence electrons. The molecule has 0 saturated heterocycles. The van der Waals surface area contributed by atoms with E-state index >= 15 is 0 Å². The summed E-state index contributed by atoms with van der Waals surface area (Å²) >= 11 is 0. The lowest BCUT2D eigenvalue weighted by Crippen LogP contribution is -2.48. The molecule has 9 nitrogen and oxygen atoms in total. The summed E-state index contributed by atoms with van der Waals surface area (Å²) in [5, 5.41) is 13.6. The molecule has 2 amide bonds. The average molecular weight is 485 g/mol. The van der Waals surface area contributed by atoms with Gasteiger partial charge in [-0.25, -0.2) is 26.4 Å². The molecule has 33 heavy (non-hydrogen) atoms. The number of sulfonamides is 1. The standard InChI is InChI=1S/C20H18F3N3O6S/c21-14-3-2-12(6-16(14)23)33(30,31)26-9-11(8-24-19(27)13-7-15(13)22)32-18-4-1-10(5-17(18)26)25-20(28)29/h1-6,11,13,15,25H,7-9H2,(H,24,27)(H,28,29)/t11-,13-,15-/m0/s1. The SMILES string of the molecule is O=C(O)Nc1ccc2c(c1)N(S(=O)(=O)c1ccc(F)c(F)c1)C[C@H](CNC(=O)[C@H]1C[C@@H]1F)O2. The van der Waals surface area contributed by atoms with Crippen molar-refractivity contribution in [2.45, 2.75) is 23.6 Å². The number of carbonyl (C=O) groups excluding carboxylic acids is 1. The molecule has 0 spiro atoms. The van der Waals surface area contributed by atoms with Gasteiger partial charge in [0.2, 0.25) is 5.91 Å². The van der Waals surface area contributed by atoms with E-state index in [0.717, 1.165) is 10.4 Å². The number of hydrogen-bond donors (Lipinski definition) is 3. The predicted molar refractivity (Wildman–Crippen MR) is 109 cm³/mol. The maximum atomic E-state index is 13.7. The molecule has 3 atom stereocenters. The lowest BCUT2D eigenvalue weighted by atomic mass is 10.2. The van der Waals surface area contributed by atoms with E-state index in [1.165, 1.54) is 18.2 Å². The number of rotatable bonds is 6. The van der Waals surface area contributed by atoms with Crippen molar-refractivity contribution in [3.05, 3.63) is 48.0 Å². The lowest BCUT2D eigenvalue weighted by Gasteiger charge is -2.35. The number of benzene rings is 2. The number of hydrogen-bond acceptors (Lipinski definition) is 5. The third-order valence-corrected chi connectivity index (χ3v) is 6.95. The van der Waals surface area contributed by atoms with Gasteiger partial charge in [-0.15, -0.1) is 0 Å². The highest BCUT2D eigenvalue weighted by Crippen LogP contribution is 2.39. The first-order chi connectivity index (χ1) is 15.6. The van der Waals surface area contributed by atoms with Gasteiger partial charge in [0.05, 0.1) is 29.6 Å². The summed E-state index contributed by atoms with van der Waals surface area (Å²) in [6.45, 7) is -0.477. The maximum Gasteiger partial charge on any atom is 0.409 e. The summed E-state index contributed by atoms with van der Waals surface area (Å²) in [7, 11) is -4.45. The minimum absolute atomic E-state index is 0.0421. The van der Waals surface area contributed by atoms with E-state index in [1.807, 2.05) is 0 Å². The highest BCUT2D eigenvalue weighted by Gasteiger charge is 2.44. The Bertz CT molecular complexity index is 1230. The first-order valence-corrected chi connectivity index (χ1v) is 11.2. The molecule has 1 fully saturated rings. The molecule has 2 aromatic rings. The molecular formula is C20H18F3N3O6S. The fourth-order valence-corrected chi connectivity index (χ4v) is 4.90. The Hall–Kier alpha value is -3.48. The number of halogens is 3. The van der Waals surface area contributed by atoms with Gasteiger partial charge < -0.3 is 15.2 Å². The predicted octanol–water partition coefficient (Wildman–Crippen LogP) is 2.49. The number of amides is 2. The molecule has 13 heteroatoms. The largest absolute Gasteiger partial charge is 0.484 e. The summed E-state index contributed by atoms with van der Waals surface area (Å²) < 4.78 is 73.4. The highest BCUT2D eigenvalue weighted by molar-refractivity contribution is 7.92. The number of nitrogens with one attached hydrogen (secondary N) is 2. The van der Waals surface area contributed by atoms with Crippen molar-refractivity contribution in [1.82, 2.24) is 5.32 Å². The second-order valence-electron chi connectivity index (χ2n) is 7.57. The molecule has 0 unspecified atom stereocenters. The smallest absolute Gasteiger partial charge is 0.409 e. The highest BCUT2D eigenvalue weighted by atomic mass is 32.2. The van der Waals surface area contributed by atoms with E-state index in [1.54, 1.807) is 0 Å². The van der Waals surface area contributed by atoms with Crippen LogP contribution in [0.5, 0.6) is 5.75 Å². The number of fused-ring (bicyclic) bond motifs is 1. The van der Waals surface area contributed by atoms with Crippen LogP contribution in [-0.4, -0.2) is 50.9 Å². The summed E-state index contributed by atoms with van der Waals surface area (Å²) in [6.07, 6.45) is -3.36. The number of anilines is 2. The van der Waals surface area contributed by atoms with Gasteiger partial charge in [-0.1, -0.05) is 0 Å². The van der Waals surface area contributed by atoms with E-state index in [9.17, 15) is 31.2 Å². The minimum atomic E-state index is -4.45. The fourth-order valence-electron chi connectivity index (χ4n) is 3.39. The lowest BCUT2D eigenvalue weighted by molar-refractivity contribution is -0.123. The van der Waals surface area contributed by atoms with Crippen molar-refractivity contribution in [1.29, 1.82) is 0 Å². The quantitative estimate of drug-likeness (QED) is 0.578. The molecule has 1 heterocycles. The summed E-state index contributed by atoms with van der Waals surface area (Å²) in [6, 6.07) is 5.99. The van der Waals surface area contributed by atoms with E-state index in [-0.39, 0.29) is 36.6 Å². The Morgan fingerprint density at radius 2 is 1.88 bits per heavy atom. The van der Waals surface area contributed by atoms with Gasteiger partial charge in [-0.05, 0) is 42.8 Å². The molecule has 1 saturated carbocycles. The monoisotopic (exact) mass is 485 g/mol. The van der Waals surface area contributed by atoms with Crippen LogP contribution >= 0.6 is 0 Å². The molecule has 4 rings (SSSR count). The van der Waals surface area contributed by atoms with Gasteiger partial charge in [0.25, 0.3) is 10.0 Å². The maximum absolute atomic E-state index is 13.7. The van der Waals surface area contributed by atoms with E-state index in [2.05, 4.69) is 10.6 Å². The zero-order valence-electron chi connectivity index (χ0n) is 16.8. The van der Waals surface area contributed by atoms with Gasteiger partial charge in [0.15, 0.2) is 11.6 Å². The topological polar surface area (TPSA) is 125 Å².